The van der Waals surface area contributed by atoms with Crippen molar-refractivity contribution in [2.45, 2.75) is 66.2 Å². The summed E-state index contributed by atoms with van der Waals surface area (Å²) >= 11 is 1.69. The molecule has 0 nitrogen and oxygen atoms in total. The molecule has 0 aromatic heterocycles. The second-order valence-electron chi connectivity index (χ2n) is 6.13. The van der Waals surface area contributed by atoms with Crippen LogP contribution in [0.1, 0.15) is 66.2 Å². The predicted octanol–water partition coefficient (Wildman–Crippen LogP) is -0.295. The van der Waals surface area contributed by atoms with E-state index in [0.29, 0.717) is 5.92 Å². The van der Waals surface area contributed by atoms with Gasteiger partial charge in [0.05, 0.1) is 0 Å². The van der Waals surface area contributed by atoms with E-state index >= 15 is 0 Å². The molecule has 128 valence electrons. The van der Waals surface area contributed by atoms with E-state index in [1.807, 2.05) is 0 Å². The Hall–Kier alpha value is 0.293. The zero-order valence-corrected chi connectivity index (χ0v) is 18.8. The Kier molecular flexibility index (Phi) is 16.2. The molecule has 1 atom stereocenters. The summed E-state index contributed by atoms with van der Waals surface area (Å²) in [4.78, 5) is 0. The van der Waals surface area contributed by atoms with Crippen molar-refractivity contribution in [1.82, 2.24) is 0 Å². The Morgan fingerprint density at radius 1 is 1.04 bits per heavy atom. The molecule has 0 N–H and O–H groups in total. The predicted molar refractivity (Wildman–Crippen MR) is 89.6 cm³/mol. The van der Waals surface area contributed by atoms with Gasteiger partial charge in [-0.1, -0.05) is 26.7 Å². The van der Waals surface area contributed by atoms with Crippen LogP contribution in [0.4, 0.5) is 0 Å². The molecule has 0 aliphatic heterocycles. The fourth-order valence-electron chi connectivity index (χ4n) is 2.34. The molecule has 0 radical (unpaired) electrons. The fraction of sp³-hybridized carbons (Fsp3) is 0.550. The molecule has 1 unspecified atom stereocenters. The van der Waals surface area contributed by atoms with Crippen LogP contribution in [-0.4, -0.2) is 3.21 Å². The summed E-state index contributed by atoms with van der Waals surface area (Å²) < 4.78 is 1.80. The zero-order valence-electron chi connectivity index (χ0n) is 14.8. The van der Waals surface area contributed by atoms with E-state index < -0.39 is 0 Å². The second kappa shape index (κ2) is 14.6. The van der Waals surface area contributed by atoms with Crippen LogP contribution < -0.4 is 24.8 Å². The molecule has 0 aromatic carbocycles. The monoisotopic (exact) mass is 428 g/mol. The van der Waals surface area contributed by atoms with Crippen LogP contribution in [-0.2, 0) is 24.2 Å². The number of rotatable bonds is 0. The summed E-state index contributed by atoms with van der Waals surface area (Å²) in [6, 6.07) is 0. The van der Waals surface area contributed by atoms with Gasteiger partial charge in [0.15, 0.2) is 0 Å². The average Bonchev–Trinajstić information content (AvgIpc) is 3.01. The van der Waals surface area contributed by atoms with Crippen molar-refractivity contribution in [1.29, 1.82) is 0 Å². The van der Waals surface area contributed by atoms with Gasteiger partial charge in [-0.15, -0.1) is 13.3 Å². The number of hydrogen-bond acceptors (Lipinski definition) is 0. The molecule has 0 aromatic rings. The third kappa shape index (κ3) is 12.3. The maximum atomic E-state index is 3.22. The molecule has 0 spiro atoms. The van der Waals surface area contributed by atoms with Crippen molar-refractivity contribution in [3.05, 3.63) is 47.1 Å². The van der Waals surface area contributed by atoms with Gasteiger partial charge in [0.25, 0.3) is 0 Å². The Bertz CT molecular complexity index is 462. The molecule has 23 heavy (non-hydrogen) atoms. The molecule has 0 bridgehead atoms. The summed E-state index contributed by atoms with van der Waals surface area (Å²) in [5.74, 6) is 0.556. The van der Waals surface area contributed by atoms with Crippen molar-refractivity contribution in [2.24, 2.45) is 5.92 Å². The first kappa shape index (κ1) is 25.5. The molecule has 0 heterocycles. The van der Waals surface area contributed by atoms with Crippen molar-refractivity contribution < 1.29 is 49.0 Å². The van der Waals surface area contributed by atoms with Crippen molar-refractivity contribution in [2.75, 3.05) is 0 Å². The quantitative estimate of drug-likeness (QED) is 0.464. The maximum absolute atomic E-state index is 3.22. The van der Waals surface area contributed by atoms with Gasteiger partial charge in [-0.3, -0.25) is 12.2 Å². The van der Waals surface area contributed by atoms with E-state index in [4.69, 9.17) is 0 Å². The van der Waals surface area contributed by atoms with E-state index in [1.165, 1.54) is 48.8 Å². The van der Waals surface area contributed by atoms with Crippen molar-refractivity contribution in [3.63, 3.8) is 0 Å². The van der Waals surface area contributed by atoms with Crippen LogP contribution in [0.15, 0.2) is 34.9 Å². The molecule has 0 amide bonds. The van der Waals surface area contributed by atoms with Gasteiger partial charge in [0.1, 0.15) is 0 Å². The van der Waals surface area contributed by atoms with E-state index in [1.54, 1.807) is 27.4 Å². The first-order valence-corrected chi connectivity index (χ1v) is 9.29. The standard InChI is InChI=1S/2C7H9.C6H10.2ClH.Zr/c1-6-3-4-7(2)5-6;1-6-4-3-5-7(6)2;1-2-4-6-5-3-1;;;/h3-4,6H,1-2H3;4H,5H2,1-2H3;1-5H2;2*1H;/q2*-1;;;;+2/p-2. The zero-order chi connectivity index (χ0) is 15.7. The Morgan fingerprint density at radius 2 is 1.65 bits per heavy atom. The third-order valence-electron chi connectivity index (χ3n) is 3.91. The average molecular weight is 431 g/mol. The number of halogens is 2. The second-order valence-corrected chi connectivity index (χ2v) is 7.87. The Balaban J connectivity index is 0. The minimum absolute atomic E-state index is 0. The van der Waals surface area contributed by atoms with E-state index in [0.717, 1.165) is 6.42 Å². The van der Waals surface area contributed by atoms with Crippen LogP contribution in [0.3, 0.4) is 0 Å². The summed E-state index contributed by atoms with van der Waals surface area (Å²) in [5, 5.41) is 0. The van der Waals surface area contributed by atoms with Gasteiger partial charge in [0, 0.05) is 0 Å². The summed E-state index contributed by atoms with van der Waals surface area (Å²) in [6.07, 6.45) is 21.0. The van der Waals surface area contributed by atoms with Crippen LogP contribution in [0, 0.1) is 18.1 Å². The van der Waals surface area contributed by atoms with Crippen LogP contribution in [0.5, 0.6) is 0 Å². The molecule has 1 fully saturated rings. The first-order valence-electron chi connectivity index (χ1n) is 8.06. The van der Waals surface area contributed by atoms with Gasteiger partial charge in [0.2, 0.25) is 0 Å². The normalized spacial score (nSPS) is 21.4. The van der Waals surface area contributed by atoms with E-state index in [9.17, 15) is 0 Å². The van der Waals surface area contributed by atoms with Gasteiger partial charge >= 0.3 is 59.5 Å². The topological polar surface area (TPSA) is 0 Å². The van der Waals surface area contributed by atoms with Crippen LogP contribution in [0.2, 0.25) is 0 Å². The van der Waals surface area contributed by atoms with Crippen LogP contribution in [0.25, 0.3) is 0 Å². The summed E-state index contributed by atoms with van der Waals surface area (Å²) in [6.45, 7) is 8.47. The van der Waals surface area contributed by atoms with Crippen molar-refractivity contribution in [3.8, 4) is 0 Å². The molecular weight excluding hydrogens is 402 g/mol. The molecule has 1 saturated carbocycles. The Labute approximate surface area is 170 Å². The summed E-state index contributed by atoms with van der Waals surface area (Å²) in [5.41, 5.74) is 4.12. The Morgan fingerprint density at radius 3 is 1.83 bits per heavy atom. The van der Waals surface area contributed by atoms with Gasteiger partial charge < -0.3 is 24.8 Å². The molecule has 0 saturated heterocycles. The molecule has 3 rings (SSSR count). The SMILES string of the molecule is CC1=C(C)C[C-]=C1.CC1=[C-]C(C)C=C1.[Cl-].[Cl-].[Zr+2]=[C]1CCCCC1. The molecule has 3 heteroatoms. The first-order chi connectivity index (χ1) is 9.99. The third-order valence-corrected chi connectivity index (χ3v) is 5.14. The van der Waals surface area contributed by atoms with E-state index in [2.05, 4.69) is 58.1 Å². The van der Waals surface area contributed by atoms with Gasteiger partial charge in [-0.2, -0.15) is 11.6 Å². The van der Waals surface area contributed by atoms with E-state index in [-0.39, 0.29) is 24.8 Å². The molecule has 3 aliphatic rings. The number of hydrogen-bond donors (Lipinski definition) is 0. The molecular formula is C20H28Cl2Zr-2. The number of allylic oxidation sites excluding steroid dienone is 8. The summed E-state index contributed by atoms with van der Waals surface area (Å²) in [7, 11) is 0. The van der Waals surface area contributed by atoms with Crippen molar-refractivity contribution >= 4 is 3.21 Å². The van der Waals surface area contributed by atoms with Gasteiger partial charge in [-0.25, -0.2) is 23.3 Å². The molecule has 3 aliphatic carbocycles. The fourth-order valence-corrected chi connectivity index (χ4v) is 3.21. The van der Waals surface area contributed by atoms with Crippen LogP contribution >= 0.6 is 0 Å². The minimum atomic E-state index is 0. The van der Waals surface area contributed by atoms with Gasteiger partial charge in [-0.05, 0) is 0 Å².